The van der Waals surface area contributed by atoms with Gasteiger partial charge >= 0.3 is 0 Å². The Balaban J connectivity index is 2.21. The minimum absolute atomic E-state index is 0.318. The van der Waals surface area contributed by atoms with Gasteiger partial charge in [-0.15, -0.1) is 0 Å². The van der Waals surface area contributed by atoms with Crippen molar-refractivity contribution in [2.75, 3.05) is 5.32 Å². The molecule has 2 aromatic heterocycles. The molecule has 0 aromatic carbocycles. The molecule has 0 spiro atoms. The molecule has 0 aliphatic rings. The van der Waals surface area contributed by atoms with Crippen LogP contribution in [0.5, 0.6) is 0 Å². The number of aromatic amines is 1. The van der Waals surface area contributed by atoms with E-state index >= 15 is 0 Å². The first-order chi connectivity index (χ1) is 9.88. The smallest absolute Gasteiger partial charge is 0.133 e. The number of aryl methyl sites for hydroxylation is 1. The molecule has 2 rings (SSSR count). The largest absolute Gasteiger partial charge is 0.364 e. The zero-order valence-corrected chi connectivity index (χ0v) is 13.8. The van der Waals surface area contributed by atoms with Gasteiger partial charge in [0.2, 0.25) is 0 Å². The molecule has 0 fully saturated rings. The van der Waals surface area contributed by atoms with Gasteiger partial charge < -0.3 is 5.32 Å². The maximum Gasteiger partial charge on any atom is 0.133 e. The van der Waals surface area contributed by atoms with Crippen molar-refractivity contribution in [1.29, 1.82) is 0 Å². The van der Waals surface area contributed by atoms with E-state index < -0.39 is 0 Å². The monoisotopic (exact) mass is 287 g/mol. The summed E-state index contributed by atoms with van der Waals surface area (Å²) in [6.45, 7) is 13.3. The zero-order chi connectivity index (χ0) is 15.6. The van der Waals surface area contributed by atoms with E-state index in [-0.39, 0.29) is 0 Å². The molecule has 0 aliphatic carbocycles. The van der Waals surface area contributed by atoms with Crippen LogP contribution in [0.3, 0.4) is 0 Å². The lowest BCUT2D eigenvalue weighted by atomic mass is 10.1. The molecule has 5 heteroatoms. The number of rotatable bonds is 5. The molecule has 0 atom stereocenters. The molecule has 0 radical (unpaired) electrons. The van der Waals surface area contributed by atoms with Crippen molar-refractivity contribution >= 4 is 5.82 Å². The average Bonchev–Trinajstić information content (AvgIpc) is 2.76. The van der Waals surface area contributed by atoms with E-state index in [9.17, 15) is 0 Å². The van der Waals surface area contributed by atoms with E-state index in [1.807, 2.05) is 13.0 Å². The fourth-order valence-corrected chi connectivity index (χ4v) is 2.01. The molecule has 2 aromatic rings. The summed E-state index contributed by atoms with van der Waals surface area (Å²) in [6.07, 6.45) is 0. The molecule has 114 valence electrons. The highest BCUT2D eigenvalue weighted by atomic mass is 15.1. The Morgan fingerprint density at radius 2 is 1.81 bits per heavy atom. The van der Waals surface area contributed by atoms with E-state index in [2.05, 4.69) is 60.1 Å². The van der Waals surface area contributed by atoms with Crippen molar-refractivity contribution in [2.24, 2.45) is 0 Å². The normalized spacial score (nSPS) is 11.4. The number of aromatic nitrogens is 4. The van der Waals surface area contributed by atoms with Crippen LogP contribution in [0.25, 0.3) is 0 Å². The van der Waals surface area contributed by atoms with Crippen LogP contribution in [0.15, 0.2) is 6.07 Å². The van der Waals surface area contributed by atoms with Gasteiger partial charge in [-0.05, 0) is 25.3 Å². The highest BCUT2D eigenvalue weighted by Gasteiger charge is 2.11. The number of hydrogen-bond acceptors (Lipinski definition) is 4. The second-order valence-electron chi connectivity index (χ2n) is 6.12. The van der Waals surface area contributed by atoms with Crippen LogP contribution >= 0.6 is 0 Å². The van der Waals surface area contributed by atoms with Crippen LogP contribution in [-0.2, 0) is 6.54 Å². The van der Waals surface area contributed by atoms with E-state index in [4.69, 9.17) is 0 Å². The average molecular weight is 287 g/mol. The van der Waals surface area contributed by atoms with Gasteiger partial charge in [0.25, 0.3) is 0 Å². The molecule has 0 aliphatic heterocycles. The summed E-state index contributed by atoms with van der Waals surface area (Å²) in [6, 6.07) is 2.03. The first-order valence-electron chi connectivity index (χ1n) is 7.51. The van der Waals surface area contributed by atoms with Gasteiger partial charge in [-0.1, -0.05) is 27.7 Å². The van der Waals surface area contributed by atoms with Crippen molar-refractivity contribution in [3.05, 3.63) is 34.5 Å². The number of hydrogen-bond donors (Lipinski definition) is 2. The van der Waals surface area contributed by atoms with E-state index in [1.54, 1.807) is 0 Å². The second-order valence-corrected chi connectivity index (χ2v) is 6.12. The fraction of sp³-hybridized carbons (Fsp3) is 0.562. The quantitative estimate of drug-likeness (QED) is 0.880. The maximum atomic E-state index is 4.64. The fourth-order valence-electron chi connectivity index (χ4n) is 2.01. The first kappa shape index (κ1) is 15.5. The SMILES string of the molecule is Cc1[nH]nc(CNc2cc(C(C)C)nc(C(C)C)n2)c1C. The molecular weight excluding hydrogens is 262 g/mol. The number of H-pyrrole nitrogens is 1. The maximum absolute atomic E-state index is 4.64. The summed E-state index contributed by atoms with van der Waals surface area (Å²) in [5.41, 5.74) is 4.42. The van der Waals surface area contributed by atoms with Crippen molar-refractivity contribution in [2.45, 2.75) is 59.9 Å². The van der Waals surface area contributed by atoms with Gasteiger partial charge in [0.1, 0.15) is 11.6 Å². The predicted octanol–water partition coefficient (Wildman–Crippen LogP) is 3.68. The molecule has 2 N–H and O–H groups in total. The number of anilines is 1. The van der Waals surface area contributed by atoms with E-state index in [1.165, 1.54) is 5.56 Å². The lowest BCUT2D eigenvalue weighted by Gasteiger charge is -2.13. The third-order valence-corrected chi connectivity index (χ3v) is 3.66. The summed E-state index contributed by atoms with van der Waals surface area (Å²) in [4.78, 5) is 9.24. The molecule has 5 nitrogen and oxygen atoms in total. The standard InChI is InChI=1S/C16H25N5/c1-9(2)13-7-15(19-16(18-13)10(3)4)17-8-14-11(5)12(6)20-21-14/h7,9-10H,8H2,1-6H3,(H,20,21)(H,17,18,19). The summed E-state index contributed by atoms with van der Waals surface area (Å²) >= 11 is 0. The summed E-state index contributed by atoms with van der Waals surface area (Å²) < 4.78 is 0. The van der Waals surface area contributed by atoms with Crippen LogP contribution in [0, 0.1) is 13.8 Å². The van der Waals surface area contributed by atoms with Gasteiger partial charge in [-0.2, -0.15) is 5.10 Å². The third-order valence-electron chi connectivity index (χ3n) is 3.66. The Hall–Kier alpha value is -1.91. The topological polar surface area (TPSA) is 66.5 Å². The highest BCUT2D eigenvalue weighted by molar-refractivity contribution is 5.38. The van der Waals surface area contributed by atoms with Crippen LogP contribution in [0.1, 0.15) is 68.0 Å². The molecule has 0 unspecified atom stereocenters. The van der Waals surface area contributed by atoms with Gasteiger partial charge in [0.15, 0.2) is 0 Å². The minimum Gasteiger partial charge on any atom is -0.364 e. The molecule has 0 bridgehead atoms. The van der Waals surface area contributed by atoms with E-state index in [0.717, 1.165) is 28.7 Å². The van der Waals surface area contributed by atoms with Crippen molar-refractivity contribution in [1.82, 2.24) is 20.2 Å². The van der Waals surface area contributed by atoms with Crippen LogP contribution in [0.2, 0.25) is 0 Å². The van der Waals surface area contributed by atoms with Crippen LogP contribution in [0.4, 0.5) is 5.82 Å². The molecule has 0 amide bonds. The molecule has 21 heavy (non-hydrogen) atoms. The van der Waals surface area contributed by atoms with Gasteiger partial charge in [0, 0.05) is 23.4 Å². The van der Waals surface area contributed by atoms with Gasteiger partial charge in [-0.25, -0.2) is 9.97 Å². The Kier molecular flexibility index (Phi) is 4.60. The Labute approximate surface area is 126 Å². The third kappa shape index (κ3) is 3.60. The summed E-state index contributed by atoms with van der Waals surface area (Å²) in [7, 11) is 0. The number of nitrogens with zero attached hydrogens (tertiary/aromatic N) is 3. The lowest BCUT2D eigenvalue weighted by Crippen LogP contribution is -2.09. The molecular formula is C16H25N5. The zero-order valence-electron chi connectivity index (χ0n) is 13.8. The Bertz CT molecular complexity index is 587. The van der Waals surface area contributed by atoms with Crippen molar-refractivity contribution < 1.29 is 0 Å². The van der Waals surface area contributed by atoms with Crippen molar-refractivity contribution in [3.8, 4) is 0 Å². The van der Waals surface area contributed by atoms with E-state index in [0.29, 0.717) is 18.4 Å². The van der Waals surface area contributed by atoms with Crippen LogP contribution < -0.4 is 5.32 Å². The molecule has 2 heterocycles. The predicted molar refractivity (Wildman–Crippen MR) is 85.6 cm³/mol. The molecule has 0 saturated carbocycles. The molecule has 0 saturated heterocycles. The minimum atomic E-state index is 0.318. The van der Waals surface area contributed by atoms with Gasteiger partial charge in [0.05, 0.1) is 12.2 Å². The lowest BCUT2D eigenvalue weighted by molar-refractivity contribution is 0.730. The first-order valence-corrected chi connectivity index (χ1v) is 7.51. The Morgan fingerprint density at radius 3 is 2.33 bits per heavy atom. The number of nitrogens with one attached hydrogen (secondary N) is 2. The van der Waals surface area contributed by atoms with Gasteiger partial charge in [-0.3, -0.25) is 5.10 Å². The summed E-state index contributed by atoms with van der Waals surface area (Å²) in [5, 5.41) is 10.7. The highest BCUT2D eigenvalue weighted by Crippen LogP contribution is 2.20. The summed E-state index contributed by atoms with van der Waals surface area (Å²) in [5.74, 6) is 2.47. The van der Waals surface area contributed by atoms with Crippen molar-refractivity contribution in [3.63, 3.8) is 0 Å². The second kappa shape index (κ2) is 6.24. The Morgan fingerprint density at radius 1 is 1.10 bits per heavy atom. The van der Waals surface area contributed by atoms with Crippen LogP contribution in [-0.4, -0.2) is 20.2 Å².